The lowest BCUT2D eigenvalue weighted by Crippen LogP contribution is -2.26. The van der Waals surface area contributed by atoms with Gasteiger partial charge < -0.3 is 5.32 Å². The van der Waals surface area contributed by atoms with Crippen molar-refractivity contribution >= 4 is 21.4 Å². The van der Waals surface area contributed by atoms with Crippen LogP contribution in [0.4, 0.5) is 0 Å². The van der Waals surface area contributed by atoms with Crippen LogP contribution < -0.4 is 5.32 Å². The first-order valence-corrected chi connectivity index (χ1v) is 9.21. The average molecular weight is 318 g/mol. The number of sulfone groups is 1. The molecule has 0 heterocycles. The van der Waals surface area contributed by atoms with Gasteiger partial charge in [-0.05, 0) is 44.9 Å². The fourth-order valence-corrected chi connectivity index (χ4v) is 3.99. The van der Waals surface area contributed by atoms with Crippen molar-refractivity contribution in [2.75, 3.05) is 12.3 Å². The summed E-state index contributed by atoms with van der Waals surface area (Å²) in [5.41, 5.74) is 0. The van der Waals surface area contributed by atoms with Gasteiger partial charge in [0.2, 0.25) is 0 Å². The average Bonchev–Trinajstić information content (AvgIpc) is 2.41. The molecular weight excluding hydrogens is 294 g/mol. The lowest BCUT2D eigenvalue weighted by molar-refractivity contribution is 0.494. The molecule has 0 radical (unpaired) electrons. The maximum atomic E-state index is 12.2. The number of hydrogen-bond donors (Lipinski definition) is 1. The van der Waals surface area contributed by atoms with Gasteiger partial charge in [-0.3, -0.25) is 0 Å². The summed E-state index contributed by atoms with van der Waals surface area (Å²) in [6.45, 7) is 5.28. The van der Waals surface area contributed by atoms with Gasteiger partial charge in [0.25, 0.3) is 0 Å². The molecule has 1 atom stereocenters. The predicted octanol–water partition coefficient (Wildman–Crippen LogP) is 3.67. The molecule has 0 saturated heterocycles. The van der Waals surface area contributed by atoms with Gasteiger partial charge in [-0.2, -0.15) is 0 Å². The molecule has 0 aliphatic rings. The highest BCUT2D eigenvalue weighted by Crippen LogP contribution is 2.22. The smallest absolute Gasteiger partial charge is 0.179 e. The molecule has 1 rings (SSSR count). The summed E-state index contributed by atoms with van der Waals surface area (Å²) >= 11 is 5.94. The molecule has 0 bridgehead atoms. The topological polar surface area (TPSA) is 46.2 Å². The first-order chi connectivity index (χ1) is 9.47. The van der Waals surface area contributed by atoms with E-state index >= 15 is 0 Å². The third-order valence-corrected chi connectivity index (χ3v) is 5.51. The van der Waals surface area contributed by atoms with Crippen LogP contribution in [-0.4, -0.2) is 26.8 Å². The lowest BCUT2D eigenvalue weighted by Gasteiger charge is -2.12. The summed E-state index contributed by atoms with van der Waals surface area (Å²) in [4.78, 5) is 0.249. The van der Waals surface area contributed by atoms with Gasteiger partial charge in [-0.1, -0.05) is 37.1 Å². The molecule has 0 saturated carbocycles. The minimum Gasteiger partial charge on any atom is -0.314 e. The highest BCUT2D eigenvalue weighted by atomic mass is 35.5. The number of hydrogen-bond acceptors (Lipinski definition) is 3. The molecule has 1 N–H and O–H groups in total. The number of benzene rings is 1. The number of rotatable bonds is 9. The fourth-order valence-electron chi connectivity index (χ4n) is 2.04. The fraction of sp³-hybridized carbons (Fsp3) is 0.600. The molecule has 114 valence electrons. The summed E-state index contributed by atoms with van der Waals surface area (Å²) < 4.78 is 24.3. The third-order valence-electron chi connectivity index (χ3n) is 3.21. The van der Waals surface area contributed by atoms with E-state index in [0.29, 0.717) is 17.5 Å². The minimum absolute atomic E-state index is 0.164. The first-order valence-electron chi connectivity index (χ1n) is 7.18. The van der Waals surface area contributed by atoms with E-state index in [1.54, 1.807) is 24.3 Å². The van der Waals surface area contributed by atoms with Crippen LogP contribution in [0.1, 0.15) is 39.5 Å². The molecule has 20 heavy (non-hydrogen) atoms. The summed E-state index contributed by atoms with van der Waals surface area (Å²) in [5, 5.41) is 3.71. The number of unbranched alkanes of at least 4 members (excludes halogenated alkanes) is 1. The van der Waals surface area contributed by atoms with Crippen molar-refractivity contribution in [1.82, 2.24) is 5.32 Å². The van der Waals surface area contributed by atoms with E-state index in [1.807, 2.05) is 0 Å². The van der Waals surface area contributed by atoms with E-state index in [2.05, 4.69) is 19.2 Å². The largest absolute Gasteiger partial charge is 0.314 e. The molecule has 1 aromatic carbocycles. The van der Waals surface area contributed by atoms with Gasteiger partial charge in [0, 0.05) is 6.04 Å². The standard InChI is InChI=1S/C15H24ClNO2S/c1-3-11-17-13(2)8-6-7-12-20(18,19)15-10-5-4-9-14(15)16/h4-5,9-10,13,17H,3,6-8,11-12H2,1-2H3. The maximum absolute atomic E-state index is 12.2. The zero-order valence-electron chi connectivity index (χ0n) is 12.2. The SMILES string of the molecule is CCCNC(C)CCCCS(=O)(=O)c1ccccc1Cl. The molecule has 0 amide bonds. The van der Waals surface area contributed by atoms with E-state index in [1.165, 1.54) is 0 Å². The Morgan fingerprint density at radius 1 is 1.25 bits per heavy atom. The highest BCUT2D eigenvalue weighted by Gasteiger charge is 2.17. The Balaban J connectivity index is 2.40. The minimum atomic E-state index is -3.26. The van der Waals surface area contributed by atoms with Crippen molar-refractivity contribution < 1.29 is 8.42 Å². The lowest BCUT2D eigenvalue weighted by atomic mass is 10.1. The molecule has 0 aliphatic heterocycles. The molecule has 0 spiro atoms. The summed E-state index contributed by atoms with van der Waals surface area (Å²) in [6, 6.07) is 7.07. The second kappa shape index (κ2) is 8.65. The zero-order valence-corrected chi connectivity index (χ0v) is 13.8. The van der Waals surface area contributed by atoms with Crippen LogP contribution in [0, 0.1) is 0 Å². The van der Waals surface area contributed by atoms with Gasteiger partial charge in [-0.15, -0.1) is 0 Å². The molecule has 1 unspecified atom stereocenters. The number of nitrogens with one attached hydrogen (secondary N) is 1. The molecular formula is C15H24ClNO2S. The third kappa shape index (κ3) is 5.81. The van der Waals surface area contributed by atoms with Crippen molar-refractivity contribution in [3.05, 3.63) is 29.3 Å². The molecule has 3 nitrogen and oxygen atoms in total. The van der Waals surface area contributed by atoms with Crippen LogP contribution in [0.5, 0.6) is 0 Å². The second-order valence-corrected chi connectivity index (χ2v) is 7.59. The summed E-state index contributed by atoms with van der Waals surface area (Å²) in [7, 11) is -3.26. The van der Waals surface area contributed by atoms with Crippen molar-refractivity contribution in [2.45, 2.75) is 50.5 Å². The number of halogens is 1. The van der Waals surface area contributed by atoms with Crippen LogP contribution in [0.25, 0.3) is 0 Å². The van der Waals surface area contributed by atoms with E-state index in [9.17, 15) is 8.42 Å². The predicted molar refractivity (Wildman–Crippen MR) is 85.1 cm³/mol. The summed E-state index contributed by atoms with van der Waals surface area (Å²) in [5.74, 6) is 0.164. The highest BCUT2D eigenvalue weighted by molar-refractivity contribution is 7.91. The molecule has 0 aromatic heterocycles. The van der Waals surface area contributed by atoms with Crippen LogP contribution in [0.15, 0.2) is 29.2 Å². The zero-order chi connectivity index (χ0) is 15.0. The Labute approximate surface area is 127 Å². The van der Waals surface area contributed by atoms with Gasteiger partial charge >= 0.3 is 0 Å². The Morgan fingerprint density at radius 2 is 1.95 bits per heavy atom. The van der Waals surface area contributed by atoms with Gasteiger partial charge in [0.1, 0.15) is 0 Å². The van der Waals surface area contributed by atoms with Crippen LogP contribution in [0.2, 0.25) is 5.02 Å². The Morgan fingerprint density at radius 3 is 2.60 bits per heavy atom. The van der Waals surface area contributed by atoms with Gasteiger partial charge in [-0.25, -0.2) is 8.42 Å². The maximum Gasteiger partial charge on any atom is 0.179 e. The summed E-state index contributed by atoms with van der Waals surface area (Å²) in [6.07, 6.45) is 3.69. The quantitative estimate of drug-likeness (QED) is 0.707. The van der Waals surface area contributed by atoms with E-state index in [4.69, 9.17) is 11.6 Å². The van der Waals surface area contributed by atoms with E-state index in [0.717, 1.165) is 25.8 Å². The molecule has 0 fully saturated rings. The van der Waals surface area contributed by atoms with Gasteiger partial charge in [0.05, 0.1) is 15.7 Å². The second-order valence-electron chi connectivity index (χ2n) is 5.10. The first kappa shape index (κ1) is 17.5. The van der Waals surface area contributed by atoms with Crippen molar-refractivity contribution in [3.8, 4) is 0 Å². The van der Waals surface area contributed by atoms with Crippen LogP contribution in [0.3, 0.4) is 0 Å². The monoisotopic (exact) mass is 317 g/mol. The van der Waals surface area contributed by atoms with Crippen molar-refractivity contribution in [3.63, 3.8) is 0 Å². The van der Waals surface area contributed by atoms with E-state index in [-0.39, 0.29) is 10.6 Å². The van der Waals surface area contributed by atoms with Crippen LogP contribution in [-0.2, 0) is 9.84 Å². The van der Waals surface area contributed by atoms with Gasteiger partial charge in [0.15, 0.2) is 9.84 Å². The van der Waals surface area contributed by atoms with Crippen molar-refractivity contribution in [2.24, 2.45) is 0 Å². The molecule has 5 heteroatoms. The molecule has 0 aliphatic carbocycles. The Hall–Kier alpha value is -0.580. The Bertz CT molecular complexity index is 502. The normalized spacial score (nSPS) is 13.3. The molecule has 1 aromatic rings. The Kier molecular flexibility index (Phi) is 7.56. The van der Waals surface area contributed by atoms with Crippen LogP contribution >= 0.6 is 11.6 Å². The van der Waals surface area contributed by atoms with Crippen molar-refractivity contribution in [1.29, 1.82) is 0 Å². The van der Waals surface area contributed by atoms with E-state index < -0.39 is 9.84 Å².